The van der Waals surface area contributed by atoms with E-state index in [1.807, 2.05) is 15.4 Å². The Kier molecular flexibility index (Phi) is 6.32. The maximum Gasteiger partial charge on any atom is 0.167 e. The van der Waals surface area contributed by atoms with Gasteiger partial charge in [0.15, 0.2) is 11.5 Å². The summed E-state index contributed by atoms with van der Waals surface area (Å²) in [5.41, 5.74) is 7.21. The SMILES string of the molecule is CCCC1O[C@@H](n2cnc3c(N)ncnc32)C[C@H]1OCSSC(C)(C)C. The number of nitrogens with zero attached hydrogens (tertiary/aromatic N) is 4. The Hall–Kier alpha value is -1.03. The van der Waals surface area contributed by atoms with Crippen LogP contribution in [0, 0.1) is 0 Å². The zero-order chi connectivity index (χ0) is 18.7. The molecule has 2 aromatic heterocycles. The van der Waals surface area contributed by atoms with Gasteiger partial charge in [0.1, 0.15) is 24.0 Å². The second-order valence-electron chi connectivity index (χ2n) is 7.37. The first-order valence-corrected chi connectivity index (χ1v) is 11.2. The first-order chi connectivity index (χ1) is 12.4. The van der Waals surface area contributed by atoms with Gasteiger partial charge in [-0.25, -0.2) is 15.0 Å². The molecule has 2 aromatic rings. The Bertz CT molecular complexity index is 734. The fraction of sp³-hybridized carbons (Fsp3) is 0.706. The molecule has 3 rings (SSSR count). The molecule has 0 aliphatic carbocycles. The number of anilines is 1. The molecule has 0 amide bonds. The molecule has 2 N–H and O–H groups in total. The van der Waals surface area contributed by atoms with Crippen molar-refractivity contribution in [2.75, 3.05) is 11.7 Å². The van der Waals surface area contributed by atoms with Crippen LogP contribution in [0.2, 0.25) is 0 Å². The zero-order valence-corrected chi connectivity index (χ0v) is 17.3. The van der Waals surface area contributed by atoms with Gasteiger partial charge in [0.05, 0.1) is 18.5 Å². The number of ether oxygens (including phenoxy) is 2. The first-order valence-electron chi connectivity index (χ1n) is 8.89. The van der Waals surface area contributed by atoms with E-state index in [2.05, 4.69) is 42.6 Å². The van der Waals surface area contributed by atoms with E-state index in [1.54, 1.807) is 17.1 Å². The number of aromatic nitrogens is 4. The minimum absolute atomic E-state index is 0.0738. The van der Waals surface area contributed by atoms with Crippen molar-refractivity contribution in [3.8, 4) is 0 Å². The molecule has 3 heterocycles. The molecule has 1 aliphatic heterocycles. The average molecular weight is 398 g/mol. The van der Waals surface area contributed by atoms with Crippen LogP contribution in [0.4, 0.5) is 5.82 Å². The van der Waals surface area contributed by atoms with Crippen LogP contribution in [-0.2, 0) is 9.47 Å². The molecule has 0 bridgehead atoms. The van der Waals surface area contributed by atoms with Crippen molar-refractivity contribution < 1.29 is 9.47 Å². The molecule has 9 heteroatoms. The zero-order valence-electron chi connectivity index (χ0n) is 15.7. The van der Waals surface area contributed by atoms with Gasteiger partial charge >= 0.3 is 0 Å². The lowest BCUT2D eigenvalue weighted by molar-refractivity contribution is -0.0323. The van der Waals surface area contributed by atoms with Crippen molar-refractivity contribution >= 4 is 38.6 Å². The predicted molar refractivity (Wildman–Crippen MR) is 108 cm³/mol. The monoisotopic (exact) mass is 397 g/mol. The summed E-state index contributed by atoms with van der Waals surface area (Å²) in [4.78, 5) is 12.7. The van der Waals surface area contributed by atoms with E-state index in [9.17, 15) is 0 Å². The van der Waals surface area contributed by atoms with Crippen molar-refractivity contribution in [2.45, 2.75) is 70.1 Å². The first kappa shape index (κ1) is 19.7. The molecule has 0 saturated carbocycles. The van der Waals surface area contributed by atoms with Crippen LogP contribution in [-0.4, -0.2) is 42.4 Å². The van der Waals surface area contributed by atoms with Crippen LogP contribution >= 0.6 is 21.6 Å². The van der Waals surface area contributed by atoms with Gasteiger partial charge in [-0.3, -0.25) is 4.57 Å². The van der Waals surface area contributed by atoms with Gasteiger partial charge in [-0.1, -0.05) is 55.7 Å². The van der Waals surface area contributed by atoms with Crippen molar-refractivity contribution in [3.63, 3.8) is 0 Å². The lowest BCUT2D eigenvalue weighted by atomic mass is 10.1. The lowest BCUT2D eigenvalue weighted by Gasteiger charge is -2.20. The highest BCUT2D eigenvalue weighted by Gasteiger charge is 2.37. The van der Waals surface area contributed by atoms with E-state index in [0.717, 1.165) is 19.3 Å². The summed E-state index contributed by atoms with van der Waals surface area (Å²) in [5, 5.41) is 0. The molecule has 1 saturated heterocycles. The summed E-state index contributed by atoms with van der Waals surface area (Å²) in [6.45, 7) is 8.78. The molecule has 144 valence electrons. The molecule has 26 heavy (non-hydrogen) atoms. The molecule has 1 fully saturated rings. The van der Waals surface area contributed by atoms with Gasteiger partial charge in [-0.15, -0.1) is 0 Å². The highest BCUT2D eigenvalue weighted by Crippen LogP contribution is 2.38. The molecule has 0 radical (unpaired) electrons. The van der Waals surface area contributed by atoms with Gasteiger partial charge in [-0.05, 0) is 6.42 Å². The standard InChI is InChI=1S/C17H27N5O2S2/c1-5-6-11-12(23-10-25-26-17(2,3)4)7-13(24-11)22-9-21-14-15(18)19-8-20-16(14)22/h8-9,11-13H,5-7,10H2,1-4H3,(H2,18,19,20)/t11?,12-,13-/m1/s1. The molecule has 7 nitrogen and oxygen atoms in total. The third-order valence-corrected chi connectivity index (χ3v) is 7.08. The van der Waals surface area contributed by atoms with Crippen molar-refractivity contribution in [2.24, 2.45) is 0 Å². The maximum absolute atomic E-state index is 6.29. The topological polar surface area (TPSA) is 88.1 Å². The fourth-order valence-electron chi connectivity index (χ4n) is 2.99. The van der Waals surface area contributed by atoms with E-state index in [-0.39, 0.29) is 23.2 Å². The van der Waals surface area contributed by atoms with E-state index in [1.165, 1.54) is 6.33 Å². The number of fused-ring (bicyclic) bond motifs is 1. The van der Waals surface area contributed by atoms with Gasteiger partial charge in [-0.2, -0.15) is 0 Å². The summed E-state index contributed by atoms with van der Waals surface area (Å²) in [7, 11) is 3.59. The number of nitrogens with two attached hydrogens (primary N) is 1. The lowest BCUT2D eigenvalue weighted by Crippen LogP contribution is -2.24. The van der Waals surface area contributed by atoms with Gasteiger partial charge < -0.3 is 15.2 Å². The summed E-state index contributed by atoms with van der Waals surface area (Å²) >= 11 is 0. The molecular weight excluding hydrogens is 370 g/mol. The molecule has 1 unspecified atom stereocenters. The van der Waals surface area contributed by atoms with Gasteiger partial charge in [0.2, 0.25) is 0 Å². The Morgan fingerprint density at radius 2 is 2.15 bits per heavy atom. The van der Waals surface area contributed by atoms with Crippen molar-refractivity contribution in [1.29, 1.82) is 0 Å². The number of imidazole rings is 1. The van der Waals surface area contributed by atoms with Gasteiger partial charge in [0.25, 0.3) is 0 Å². The van der Waals surface area contributed by atoms with E-state index >= 15 is 0 Å². The second-order valence-corrected chi connectivity index (χ2v) is 10.4. The predicted octanol–water partition coefficient (Wildman–Crippen LogP) is 4.02. The highest BCUT2D eigenvalue weighted by molar-refractivity contribution is 8.77. The van der Waals surface area contributed by atoms with Crippen LogP contribution in [0.5, 0.6) is 0 Å². The summed E-state index contributed by atoms with van der Waals surface area (Å²) in [6.07, 6.45) is 6.02. The summed E-state index contributed by atoms with van der Waals surface area (Å²) < 4.78 is 14.6. The van der Waals surface area contributed by atoms with Crippen molar-refractivity contribution in [1.82, 2.24) is 19.5 Å². The summed E-state index contributed by atoms with van der Waals surface area (Å²) in [5.74, 6) is 1.04. The molecular formula is C17H27N5O2S2. The maximum atomic E-state index is 6.29. The van der Waals surface area contributed by atoms with E-state index in [0.29, 0.717) is 22.9 Å². The minimum atomic E-state index is -0.142. The van der Waals surface area contributed by atoms with Crippen LogP contribution in [0.3, 0.4) is 0 Å². The third kappa shape index (κ3) is 4.62. The van der Waals surface area contributed by atoms with Crippen LogP contribution in [0.25, 0.3) is 11.2 Å². The second kappa shape index (κ2) is 8.33. The average Bonchev–Trinajstić information content (AvgIpc) is 3.16. The Morgan fingerprint density at radius 3 is 2.88 bits per heavy atom. The Labute approximate surface area is 162 Å². The van der Waals surface area contributed by atoms with Crippen LogP contribution in [0.1, 0.15) is 53.2 Å². The number of hydrogen-bond donors (Lipinski definition) is 1. The molecule has 0 spiro atoms. The Morgan fingerprint density at radius 1 is 1.35 bits per heavy atom. The Balaban J connectivity index is 1.67. The van der Waals surface area contributed by atoms with E-state index in [4.69, 9.17) is 15.2 Å². The highest BCUT2D eigenvalue weighted by atomic mass is 33.1. The van der Waals surface area contributed by atoms with Crippen LogP contribution in [0.15, 0.2) is 12.7 Å². The smallest absolute Gasteiger partial charge is 0.167 e. The van der Waals surface area contributed by atoms with Crippen molar-refractivity contribution in [3.05, 3.63) is 12.7 Å². The van der Waals surface area contributed by atoms with Gasteiger partial charge in [0, 0.05) is 11.2 Å². The number of nitrogen functional groups attached to an aromatic ring is 1. The quantitative estimate of drug-likeness (QED) is 0.426. The number of hydrogen-bond acceptors (Lipinski definition) is 8. The van der Waals surface area contributed by atoms with Crippen LogP contribution < -0.4 is 5.73 Å². The summed E-state index contributed by atoms with van der Waals surface area (Å²) in [6, 6.07) is 0. The fourth-order valence-corrected chi connectivity index (χ4v) is 4.99. The molecule has 3 atom stereocenters. The van der Waals surface area contributed by atoms with E-state index < -0.39 is 0 Å². The number of rotatable bonds is 7. The largest absolute Gasteiger partial charge is 0.382 e. The molecule has 0 aromatic carbocycles. The third-order valence-electron chi connectivity index (χ3n) is 4.09. The normalized spacial score (nSPS) is 23.8. The minimum Gasteiger partial charge on any atom is -0.382 e. The molecule has 1 aliphatic rings.